The lowest BCUT2D eigenvalue weighted by molar-refractivity contribution is 0.681. The maximum absolute atomic E-state index is 4.25. The molecule has 0 saturated heterocycles. The van der Waals surface area contributed by atoms with Gasteiger partial charge >= 0.3 is 0 Å². The van der Waals surface area contributed by atoms with E-state index in [9.17, 15) is 0 Å². The zero-order valence-corrected chi connectivity index (χ0v) is 8.63. The van der Waals surface area contributed by atoms with Crippen LogP contribution in [0.15, 0.2) is 42.7 Å². The zero-order chi connectivity index (χ0) is 10.1. The second-order valence-corrected chi connectivity index (χ2v) is 4.18. The van der Waals surface area contributed by atoms with E-state index in [2.05, 4.69) is 29.4 Å². The Morgan fingerprint density at radius 2 is 2.07 bits per heavy atom. The third-order valence-corrected chi connectivity index (χ3v) is 2.96. The van der Waals surface area contributed by atoms with Crippen molar-refractivity contribution in [1.82, 2.24) is 9.78 Å². The fourth-order valence-corrected chi connectivity index (χ4v) is 2.04. The molecule has 15 heavy (non-hydrogen) atoms. The fourth-order valence-electron chi connectivity index (χ4n) is 2.04. The Morgan fingerprint density at radius 1 is 1.20 bits per heavy atom. The van der Waals surface area contributed by atoms with E-state index < -0.39 is 0 Å². The first-order valence-electron chi connectivity index (χ1n) is 5.49. The summed E-state index contributed by atoms with van der Waals surface area (Å²) < 4.78 is 1.99. The lowest BCUT2D eigenvalue weighted by Crippen LogP contribution is -2.02. The summed E-state index contributed by atoms with van der Waals surface area (Å²) in [7, 11) is 0. The number of aromatic nitrogens is 2. The van der Waals surface area contributed by atoms with Crippen LogP contribution in [0.1, 0.15) is 29.9 Å². The van der Waals surface area contributed by atoms with Crippen LogP contribution < -0.4 is 0 Å². The van der Waals surface area contributed by atoms with Gasteiger partial charge in [0.2, 0.25) is 0 Å². The van der Waals surface area contributed by atoms with Crippen molar-refractivity contribution in [2.75, 3.05) is 0 Å². The van der Waals surface area contributed by atoms with Crippen LogP contribution >= 0.6 is 0 Å². The van der Waals surface area contributed by atoms with Gasteiger partial charge in [0, 0.05) is 12.4 Å². The standard InChI is InChI=1S/C13H14N2/c1-2-5-13(11-6-7-11)12(4-1)10-15-9-3-8-14-15/h1-5,8-9,11H,6-7,10H2. The van der Waals surface area contributed by atoms with E-state index in [1.165, 1.54) is 24.0 Å². The van der Waals surface area contributed by atoms with Gasteiger partial charge in [0.1, 0.15) is 0 Å². The van der Waals surface area contributed by atoms with E-state index in [-0.39, 0.29) is 0 Å². The third-order valence-electron chi connectivity index (χ3n) is 2.96. The van der Waals surface area contributed by atoms with Crippen molar-refractivity contribution in [2.45, 2.75) is 25.3 Å². The second-order valence-electron chi connectivity index (χ2n) is 4.18. The predicted octanol–water partition coefficient (Wildman–Crippen LogP) is 2.81. The van der Waals surface area contributed by atoms with Crippen molar-refractivity contribution in [1.29, 1.82) is 0 Å². The van der Waals surface area contributed by atoms with E-state index in [0.29, 0.717) is 0 Å². The van der Waals surface area contributed by atoms with Gasteiger partial charge < -0.3 is 0 Å². The quantitative estimate of drug-likeness (QED) is 0.741. The van der Waals surface area contributed by atoms with Gasteiger partial charge in [0.05, 0.1) is 6.54 Å². The van der Waals surface area contributed by atoms with E-state index in [4.69, 9.17) is 0 Å². The van der Waals surface area contributed by atoms with Crippen LogP contribution in [0.5, 0.6) is 0 Å². The Labute approximate surface area is 89.5 Å². The maximum atomic E-state index is 4.25. The Kier molecular flexibility index (Phi) is 2.05. The largest absolute Gasteiger partial charge is 0.268 e. The minimum absolute atomic E-state index is 0.816. The first kappa shape index (κ1) is 8.72. The molecular weight excluding hydrogens is 184 g/mol. The van der Waals surface area contributed by atoms with Gasteiger partial charge in [-0.05, 0) is 36.0 Å². The summed E-state index contributed by atoms with van der Waals surface area (Å²) in [5, 5.41) is 4.25. The van der Waals surface area contributed by atoms with Crippen LogP contribution in [-0.2, 0) is 6.54 Å². The molecule has 1 aromatic heterocycles. The van der Waals surface area contributed by atoms with E-state index in [0.717, 1.165) is 12.5 Å². The molecule has 0 amide bonds. The molecule has 0 aliphatic heterocycles. The molecule has 0 atom stereocenters. The van der Waals surface area contributed by atoms with Gasteiger partial charge in [0.25, 0.3) is 0 Å². The summed E-state index contributed by atoms with van der Waals surface area (Å²) in [4.78, 5) is 0. The summed E-state index contributed by atoms with van der Waals surface area (Å²) >= 11 is 0. The smallest absolute Gasteiger partial charge is 0.0662 e. The number of hydrogen-bond donors (Lipinski definition) is 0. The van der Waals surface area contributed by atoms with Crippen molar-refractivity contribution >= 4 is 0 Å². The van der Waals surface area contributed by atoms with Gasteiger partial charge in [-0.2, -0.15) is 5.10 Å². The highest BCUT2D eigenvalue weighted by molar-refractivity contribution is 5.33. The van der Waals surface area contributed by atoms with Gasteiger partial charge in [-0.1, -0.05) is 24.3 Å². The number of hydrogen-bond acceptors (Lipinski definition) is 1. The molecular formula is C13H14N2. The summed E-state index contributed by atoms with van der Waals surface area (Å²) in [6, 6.07) is 10.7. The Bertz CT molecular complexity index is 441. The SMILES string of the molecule is c1ccc(C2CC2)c(Cn2cccn2)c1. The lowest BCUT2D eigenvalue weighted by Gasteiger charge is -2.08. The lowest BCUT2D eigenvalue weighted by atomic mass is 10.0. The van der Waals surface area contributed by atoms with E-state index in [1.807, 2.05) is 23.1 Å². The average Bonchev–Trinajstić information content (AvgIpc) is 2.99. The summed E-state index contributed by atoms with van der Waals surface area (Å²) in [5.74, 6) is 0.816. The Hall–Kier alpha value is -1.57. The molecule has 0 bridgehead atoms. The third kappa shape index (κ3) is 1.80. The molecule has 2 heteroatoms. The Morgan fingerprint density at radius 3 is 2.80 bits per heavy atom. The van der Waals surface area contributed by atoms with Crippen LogP contribution in [0, 0.1) is 0 Å². The monoisotopic (exact) mass is 198 g/mol. The van der Waals surface area contributed by atoms with Crippen LogP contribution in [0.25, 0.3) is 0 Å². The van der Waals surface area contributed by atoms with E-state index in [1.54, 1.807) is 0 Å². The molecule has 1 aliphatic carbocycles. The van der Waals surface area contributed by atoms with E-state index >= 15 is 0 Å². The highest BCUT2D eigenvalue weighted by Crippen LogP contribution is 2.41. The van der Waals surface area contributed by atoms with Crippen molar-refractivity contribution in [3.8, 4) is 0 Å². The topological polar surface area (TPSA) is 17.8 Å². The fraction of sp³-hybridized carbons (Fsp3) is 0.308. The van der Waals surface area contributed by atoms with Crippen LogP contribution in [0.3, 0.4) is 0 Å². The number of rotatable bonds is 3. The van der Waals surface area contributed by atoms with Crippen molar-refractivity contribution in [3.63, 3.8) is 0 Å². The Balaban J connectivity index is 1.90. The molecule has 76 valence electrons. The predicted molar refractivity (Wildman–Crippen MR) is 59.7 cm³/mol. The first-order chi connectivity index (χ1) is 7.43. The molecule has 3 rings (SSSR count). The highest BCUT2D eigenvalue weighted by atomic mass is 15.3. The molecule has 0 radical (unpaired) electrons. The molecule has 0 N–H and O–H groups in total. The molecule has 0 spiro atoms. The van der Waals surface area contributed by atoms with Gasteiger partial charge in [-0.3, -0.25) is 4.68 Å². The minimum Gasteiger partial charge on any atom is -0.268 e. The van der Waals surface area contributed by atoms with Crippen molar-refractivity contribution < 1.29 is 0 Å². The molecule has 2 nitrogen and oxygen atoms in total. The highest BCUT2D eigenvalue weighted by Gasteiger charge is 2.25. The average molecular weight is 198 g/mol. The minimum atomic E-state index is 0.816. The van der Waals surface area contributed by atoms with Crippen LogP contribution in [0.4, 0.5) is 0 Å². The van der Waals surface area contributed by atoms with Crippen molar-refractivity contribution in [3.05, 3.63) is 53.9 Å². The molecule has 1 aromatic carbocycles. The normalized spacial score (nSPS) is 15.5. The van der Waals surface area contributed by atoms with Crippen molar-refractivity contribution in [2.24, 2.45) is 0 Å². The molecule has 1 fully saturated rings. The summed E-state index contributed by atoms with van der Waals surface area (Å²) in [6.07, 6.45) is 6.57. The second kappa shape index (κ2) is 3.54. The van der Waals surface area contributed by atoms with Crippen LogP contribution in [0.2, 0.25) is 0 Å². The maximum Gasteiger partial charge on any atom is 0.0662 e. The number of benzene rings is 1. The molecule has 1 saturated carbocycles. The zero-order valence-electron chi connectivity index (χ0n) is 8.63. The molecule has 1 heterocycles. The van der Waals surface area contributed by atoms with Gasteiger partial charge in [0.15, 0.2) is 0 Å². The molecule has 0 unspecified atom stereocenters. The molecule has 2 aromatic rings. The number of nitrogens with zero attached hydrogens (tertiary/aromatic N) is 2. The molecule has 1 aliphatic rings. The summed E-state index contributed by atoms with van der Waals surface area (Å²) in [6.45, 7) is 0.902. The first-order valence-corrected chi connectivity index (χ1v) is 5.49. The van der Waals surface area contributed by atoms with Gasteiger partial charge in [-0.25, -0.2) is 0 Å². The van der Waals surface area contributed by atoms with Gasteiger partial charge in [-0.15, -0.1) is 0 Å². The summed E-state index contributed by atoms with van der Waals surface area (Å²) in [5.41, 5.74) is 2.94. The van der Waals surface area contributed by atoms with Crippen LogP contribution in [-0.4, -0.2) is 9.78 Å².